The van der Waals surface area contributed by atoms with Crippen molar-refractivity contribution in [3.63, 3.8) is 0 Å². The van der Waals surface area contributed by atoms with Crippen LogP contribution < -0.4 is 16.0 Å². The molecular weight excluding hydrogens is 248 g/mol. The molecule has 7 heteroatoms. The number of nitrogens with two attached hydrogens (primary N) is 1. The second kappa shape index (κ2) is 6.58. The first kappa shape index (κ1) is 14.7. The fourth-order valence-corrected chi connectivity index (χ4v) is 1.62. The highest BCUT2D eigenvalue weighted by atomic mass is 16.6. The number of benzene rings is 1. The Balaban J connectivity index is 2.74. The van der Waals surface area contributed by atoms with Gasteiger partial charge in [-0.15, -0.1) is 0 Å². The van der Waals surface area contributed by atoms with E-state index in [0.717, 1.165) is 6.42 Å². The maximum absolute atomic E-state index is 11.6. The van der Waals surface area contributed by atoms with E-state index in [0.29, 0.717) is 12.2 Å². The predicted molar refractivity (Wildman–Crippen MR) is 74.1 cm³/mol. The van der Waals surface area contributed by atoms with Crippen LogP contribution in [0.3, 0.4) is 0 Å². The van der Waals surface area contributed by atoms with Crippen molar-refractivity contribution in [1.29, 1.82) is 0 Å². The molecule has 3 N–H and O–H groups in total. The number of hydrogen-bond donors (Lipinski definition) is 2. The molecule has 0 aliphatic heterocycles. The Morgan fingerprint density at radius 1 is 1.53 bits per heavy atom. The number of nitrogens with one attached hydrogen (secondary N) is 1. The van der Waals surface area contributed by atoms with Crippen LogP contribution in [-0.2, 0) is 4.79 Å². The summed E-state index contributed by atoms with van der Waals surface area (Å²) in [5, 5.41) is 13.4. The Labute approximate surface area is 111 Å². The topological polar surface area (TPSA) is 102 Å². The molecule has 0 heterocycles. The first-order chi connectivity index (χ1) is 8.95. The molecule has 7 nitrogen and oxygen atoms in total. The van der Waals surface area contributed by atoms with E-state index in [1.807, 2.05) is 6.92 Å². The lowest BCUT2D eigenvalue weighted by molar-refractivity contribution is -0.384. The summed E-state index contributed by atoms with van der Waals surface area (Å²) in [5.74, 6) is -0.109. The van der Waals surface area contributed by atoms with E-state index in [9.17, 15) is 14.9 Å². The van der Waals surface area contributed by atoms with Crippen LogP contribution in [-0.4, -0.2) is 31.0 Å². The quantitative estimate of drug-likeness (QED) is 0.456. The van der Waals surface area contributed by atoms with Crippen LogP contribution in [0.15, 0.2) is 18.2 Å². The van der Waals surface area contributed by atoms with Gasteiger partial charge in [0.2, 0.25) is 5.91 Å². The zero-order valence-corrected chi connectivity index (χ0v) is 11.0. The van der Waals surface area contributed by atoms with E-state index in [2.05, 4.69) is 5.32 Å². The van der Waals surface area contributed by atoms with Crippen molar-refractivity contribution in [3.8, 4) is 0 Å². The molecule has 0 aliphatic carbocycles. The molecule has 1 rings (SSSR count). The molecule has 0 unspecified atom stereocenters. The minimum atomic E-state index is -0.506. The zero-order valence-electron chi connectivity index (χ0n) is 11.0. The van der Waals surface area contributed by atoms with Crippen LogP contribution in [0.4, 0.5) is 17.1 Å². The molecule has 0 fully saturated rings. The number of carbonyl (C=O) groups is 1. The van der Waals surface area contributed by atoms with Crippen molar-refractivity contribution in [2.24, 2.45) is 0 Å². The molecule has 0 saturated heterocycles. The summed E-state index contributed by atoms with van der Waals surface area (Å²) in [7, 11) is 1.71. The lowest BCUT2D eigenvalue weighted by Crippen LogP contribution is -2.35. The van der Waals surface area contributed by atoms with E-state index in [-0.39, 0.29) is 23.8 Å². The molecule has 1 aromatic carbocycles. The lowest BCUT2D eigenvalue weighted by Gasteiger charge is -2.20. The summed E-state index contributed by atoms with van der Waals surface area (Å²) < 4.78 is 0. The van der Waals surface area contributed by atoms with Crippen LogP contribution in [0.1, 0.15) is 13.3 Å². The number of nitro benzene ring substituents is 1. The average Bonchev–Trinajstić information content (AvgIpc) is 2.35. The normalized spacial score (nSPS) is 10.0. The molecule has 104 valence electrons. The van der Waals surface area contributed by atoms with E-state index in [1.54, 1.807) is 18.0 Å². The van der Waals surface area contributed by atoms with Crippen molar-refractivity contribution in [1.82, 2.24) is 5.32 Å². The van der Waals surface area contributed by atoms with Gasteiger partial charge in [-0.3, -0.25) is 14.9 Å². The molecule has 0 atom stereocenters. The Bertz CT molecular complexity index is 476. The molecule has 0 spiro atoms. The van der Waals surface area contributed by atoms with Crippen molar-refractivity contribution in [3.05, 3.63) is 28.3 Å². The molecule has 0 saturated carbocycles. The minimum absolute atomic E-state index is 0.0647. The Hall–Kier alpha value is -2.31. The van der Waals surface area contributed by atoms with Gasteiger partial charge < -0.3 is 16.0 Å². The molecule has 0 aromatic heterocycles. The minimum Gasteiger partial charge on any atom is -0.397 e. The van der Waals surface area contributed by atoms with Gasteiger partial charge in [0.05, 0.1) is 22.8 Å². The van der Waals surface area contributed by atoms with Crippen LogP contribution in [0.2, 0.25) is 0 Å². The van der Waals surface area contributed by atoms with Gasteiger partial charge in [0.1, 0.15) is 0 Å². The third kappa shape index (κ3) is 4.13. The molecule has 1 amide bonds. The number of nitro groups is 1. The summed E-state index contributed by atoms with van der Waals surface area (Å²) in [6.07, 6.45) is 0.870. The predicted octanol–water partition coefficient (Wildman–Crippen LogP) is 1.14. The lowest BCUT2D eigenvalue weighted by atomic mass is 10.2. The maximum Gasteiger partial charge on any atom is 0.271 e. The highest BCUT2D eigenvalue weighted by molar-refractivity contribution is 5.83. The summed E-state index contributed by atoms with van der Waals surface area (Å²) in [4.78, 5) is 23.3. The molecule has 19 heavy (non-hydrogen) atoms. The molecular formula is C12H18N4O3. The van der Waals surface area contributed by atoms with Crippen molar-refractivity contribution in [2.45, 2.75) is 13.3 Å². The number of likely N-dealkylation sites (N-methyl/N-ethyl adjacent to an activating group) is 1. The van der Waals surface area contributed by atoms with Gasteiger partial charge in [-0.05, 0) is 12.5 Å². The maximum atomic E-state index is 11.6. The number of anilines is 2. The highest BCUT2D eigenvalue weighted by Crippen LogP contribution is 2.26. The third-order valence-electron chi connectivity index (χ3n) is 2.59. The van der Waals surface area contributed by atoms with Crippen molar-refractivity contribution in [2.75, 3.05) is 30.8 Å². The molecule has 0 aliphatic rings. The number of nitrogen functional groups attached to an aromatic ring is 1. The van der Waals surface area contributed by atoms with E-state index < -0.39 is 4.92 Å². The second-order valence-electron chi connectivity index (χ2n) is 4.21. The van der Waals surface area contributed by atoms with Crippen LogP contribution in [0, 0.1) is 10.1 Å². The van der Waals surface area contributed by atoms with Crippen molar-refractivity contribution < 1.29 is 9.72 Å². The first-order valence-electron chi connectivity index (χ1n) is 5.97. The van der Waals surface area contributed by atoms with E-state index >= 15 is 0 Å². The average molecular weight is 266 g/mol. The van der Waals surface area contributed by atoms with Crippen LogP contribution >= 0.6 is 0 Å². The molecule has 0 radical (unpaired) electrons. The van der Waals surface area contributed by atoms with Crippen LogP contribution in [0.5, 0.6) is 0 Å². The van der Waals surface area contributed by atoms with Gasteiger partial charge in [-0.1, -0.05) is 6.92 Å². The SMILES string of the molecule is CCCNC(=O)CN(C)c1ccc([N+](=O)[O-])cc1N. The highest BCUT2D eigenvalue weighted by Gasteiger charge is 2.13. The summed E-state index contributed by atoms with van der Waals surface area (Å²) in [5.41, 5.74) is 6.57. The summed E-state index contributed by atoms with van der Waals surface area (Å²) in [6, 6.07) is 4.20. The fourth-order valence-electron chi connectivity index (χ4n) is 1.62. The van der Waals surface area contributed by atoms with Gasteiger partial charge in [-0.2, -0.15) is 0 Å². The van der Waals surface area contributed by atoms with E-state index in [4.69, 9.17) is 5.73 Å². The number of amides is 1. The second-order valence-corrected chi connectivity index (χ2v) is 4.21. The number of non-ortho nitro benzene ring substituents is 1. The number of carbonyl (C=O) groups excluding carboxylic acids is 1. The van der Waals surface area contributed by atoms with Gasteiger partial charge >= 0.3 is 0 Å². The molecule has 0 bridgehead atoms. The third-order valence-corrected chi connectivity index (χ3v) is 2.59. The Kier molecular flexibility index (Phi) is 5.11. The zero-order chi connectivity index (χ0) is 14.4. The Morgan fingerprint density at radius 3 is 2.74 bits per heavy atom. The van der Waals surface area contributed by atoms with Crippen molar-refractivity contribution >= 4 is 23.0 Å². The smallest absolute Gasteiger partial charge is 0.271 e. The Morgan fingerprint density at radius 2 is 2.21 bits per heavy atom. The van der Waals surface area contributed by atoms with E-state index in [1.165, 1.54) is 12.1 Å². The van der Waals surface area contributed by atoms with Gasteiger partial charge in [0.25, 0.3) is 5.69 Å². The van der Waals surface area contributed by atoms with Gasteiger partial charge in [0.15, 0.2) is 0 Å². The number of rotatable bonds is 6. The number of hydrogen-bond acceptors (Lipinski definition) is 5. The fraction of sp³-hybridized carbons (Fsp3) is 0.417. The summed E-state index contributed by atoms with van der Waals surface area (Å²) >= 11 is 0. The number of nitrogens with zero attached hydrogens (tertiary/aromatic N) is 2. The monoisotopic (exact) mass is 266 g/mol. The van der Waals surface area contributed by atoms with Gasteiger partial charge in [0, 0.05) is 25.7 Å². The largest absolute Gasteiger partial charge is 0.397 e. The molecule has 1 aromatic rings. The van der Waals surface area contributed by atoms with Crippen LogP contribution in [0.25, 0.3) is 0 Å². The summed E-state index contributed by atoms with van der Waals surface area (Å²) in [6.45, 7) is 2.75. The first-order valence-corrected chi connectivity index (χ1v) is 5.97. The standard InChI is InChI=1S/C12H18N4O3/c1-3-6-14-12(17)8-15(2)11-5-4-9(16(18)19)7-10(11)13/h4-5,7H,3,6,8,13H2,1-2H3,(H,14,17). The van der Waals surface area contributed by atoms with Gasteiger partial charge in [-0.25, -0.2) is 0 Å².